The molecule has 0 spiro atoms. The van der Waals surface area contributed by atoms with Gasteiger partial charge in [-0.1, -0.05) is 29.8 Å². The molecule has 33 heavy (non-hydrogen) atoms. The van der Waals surface area contributed by atoms with E-state index in [0.29, 0.717) is 16.8 Å². The van der Waals surface area contributed by atoms with Gasteiger partial charge in [-0.2, -0.15) is 0 Å². The fourth-order valence-electron chi connectivity index (χ4n) is 3.41. The summed E-state index contributed by atoms with van der Waals surface area (Å²) in [7, 11) is -3.82. The lowest BCUT2D eigenvalue weighted by atomic mass is 10.1. The first-order valence-electron chi connectivity index (χ1n) is 9.91. The lowest BCUT2D eigenvalue weighted by Crippen LogP contribution is -2.13. The number of halogens is 1. The summed E-state index contributed by atoms with van der Waals surface area (Å²) in [6.07, 6.45) is 6.73. The molecule has 4 heterocycles. The van der Waals surface area contributed by atoms with Gasteiger partial charge in [0.25, 0.3) is 10.0 Å². The van der Waals surface area contributed by atoms with E-state index in [1.807, 2.05) is 30.3 Å². The Hall–Kier alpha value is -3.88. The van der Waals surface area contributed by atoms with E-state index in [-0.39, 0.29) is 15.7 Å². The van der Waals surface area contributed by atoms with Gasteiger partial charge in [0.1, 0.15) is 0 Å². The quantitative estimate of drug-likeness (QED) is 0.352. The Labute approximate surface area is 195 Å². The average molecular weight is 474 g/mol. The van der Waals surface area contributed by atoms with Crippen LogP contribution in [0.15, 0.2) is 96.4 Å². The minimum absolute atomic E-state index is 0.0400. The van der Waals surface area contributed by atoms with E-state index < -0.39 is 10.0 Å². The van der Waals surface area contributed by atoms with Crippen molar-refractivity contribution >= 4 is 38.3 Å². The highest BCUT2D eigenvalue weighted by Crippen LogP contribution is 2.31. The SMILES string of the molecule is O=S(=O)(Nc1cc(-c2ccc3nccc(-c4ccncc4)c3n2)cnc1Cl)c1ccccc1. The number of nitrogens with one attached hydrogen (secondary N) is 1. The van der Waals surface area contributed by atoms with Crippen LogP contribution in [0.1, 0.15) is 0 Å². The second-order valence-corrected chi connectivity index (χ2v) is 9.18. The van der Waals surface area contributed by atoms with Gasteiger partial charge in [-0.25, -0.2) is 18.4 Å². The third-order valence-corrected chi connectivity index (χ3v) is 6.69. The Morgan fingerprint density at radius 2 is 1.61 bits per heavy atom. The molecule has 0 fully saturated rings. The van der Waals surface area contributed by atoms with Crippen LogP contribution in [0.3, 0.4) is 0 Å². The maximum Gasteiger partial charge on any atom is 0.261 e. The number of hydrogen-bond acceptors (Lipinski definition) is 6. The molecule has 0 amide bonds. The van der Waals surface area contributed by atoms with Gasteiger partial charge >= 0.3 is 0 Å². The van der Waals surface area contributed by atoms with Crippen LogP contribution in [0.25, 0.3) is 33.4 Å². The van der Waals surface area contributed by atoms with E-state index in [4.69, 9.17) is 16.6 Å². The highest BCUT2D eigenvalue weighted by atomic mass is 35.5. The number of sulfonamides is 1. The molecule has 0 aliphatic carbocycles. The second-order valence-electron chi connectivity index (χ2n) is 7.14. The van der Waals surface area contributed by atoms with Crippen LogP contribution >= 0.6 is 11.6 Å². The first kappa shape index (κ1) is 21.0. The predicted octanol–water partition coefficient (Wildman–Crippen LogP) is 5.21. The van der Waals surface area contributed by atoms with Crippen molar-refractivity contribution in [1.29, 1.82) is 0 Å². The zero-order chi connectivity index (χ0) is 22.8. The standard InChI is InChI=1S/C24H16ClN5O2S/c25-24-22(30-33(31,32)18-4-2-1-3-5-18)14-17(15-28-24)20-6-7-21-23(29-20)19(10-13-27-21)16-8-11-26-12-9-16/h1-15,30H. The first-order valence-corrected chi connectivity index (χ1v) is 11.8. The van der Waals surface area contributed by atoms with E-state index in [0.717, 1.165) is 16.6 Å². The smallest absolute Gasteiger partial charge is 0.261 e. The summed E-state index contributed by atoms with van der Waals surface area (Å²) in [5.41, 5.74) is 4.71. The molecule has 0 saturated heterocycles. The molecular formula is C24H16ClN5O2S. The first-order chi connectivity index (χ1) is 16.0. The number of benzene rings is 1. The molecule has 0 radical (unpaired) electrons. The maximum absolute atomic E-state index is 12.8. The van der Waals surface area contributed by atoms with Crippen LogP contribution in [0.5, 0.6) is 0 Å². The molecule has 5 aromatic rings. The largest absolute Gasteiger partial charge is 0.276 e. The van der Waals surface area contributed by atoms with Gasteiger partial charge in [-0.05, 0) is 54.1 Å². The third kappa shape index (κ3) is 4.26. The summed E-state index contributed by atoms with van der Waals surface area (Å²) in [6.45, 7) is 0. The zero-order valence-corrected chi connectivity index (χ0v) is 18.6. The van der Waals surface area contributed by atoms with Crippen molar-refractivity contribution in [2.75, 3.05) is 4.72 Å². The Bertz CT molecular complexity index is 1560. The minimum Gasteiger partial charge on any atom is -0.276 e. The molecule has 0 aliphatic rings. The number of pyridine rings is 4. The molecule has 0 bridgehead atoms. The van der Waals surface area contributed by atoms with Crippen LogP contribution < -0.4 is 4.72 Å². The van der Waals surface area contributed by atoms with E-state index >= 15 is 0 Å². The molecule has 0 saturated carbocycles. The van der Waals surface area contributed by atoms with Gasteiger partial charge in [0.15, 0.2) is 5.15 Å². The normalized spacial score (nSPS) is 11.4. The fourth-order valence-corrected chi connectivity index (χ4v) is 4.70. The number of rotatable bonds is 5. The highest BCUT2D eigenvalue weighted by Gasteiger charge is 2.17. The summed E-state index contributed by atoms with van der Waals surface area (Å²) in [5, 5.41) is 0.0400. The second kappa shape index (κ2) is 8.57. The lowest BCUT2D eigenvalue weighted by Gasteiger charge is -2.11. The Morgan fingerprint density at radius 1 is 0.818 bits per heavy atom. The van der Waals surface area contributed by atoms with Crippen molar-refractivity contribution in [3.05, 3.63) is 96.7 Å². The van der Waals surface area contributed by atoms with Gasteiger partial charge in [0.05, 0.1) is 27.3 Å². The van der Waals surface area contributed by atoms with Crippen molar-refractivity contribution in [1.82, 2.24) is 19.9 Å². The monoisotopic (exact) mass is 473 g/mol. The summed E-state index contributed by atoms with van der Waals surface area (Å²) in [4.78, 5) is 17.6. The maximum atomic E-state index is 12.8. The van der Waals surface area contributed by atoms with Gasteiger partial charge < -0.3 is 0 Å². The van der Waals surface area contributed by atoms with Crippen LogP contribution in [0.2, 0.25) is 5.15 Å². The van der Waals surface area contributed by atoms with Gasteiger partial charge in [-0.15, -0.1) is 0 Å². The lowest BCUT2D eigenvalue weighted by molar-refractivity contribution is 0.601. The highest BCUT2D eigenvalue weighted by molar-refractivity contribution is 7.92. The van der Waals surface area contributed by atoms with Crippen molar-refractivity contribution < 1.29 is 8.42 Å². The molecule has 4 aromatic heterocycles. The molecule has 9 heteroatoms. The molecular weight excluding hydrogens is 458 g/mol. The average Bonchev–Trinajstić information content (AvgIpc) is 2.85. The van der Waals surface area contributed by atoms with Crippen LogP contribution in [0, 0.1) is 0 Å². The summed E-state index contributed by atoms with van der Waals surface area (Å²) in [5.74, 6) is 0. The van der Waals surface area contributed by atoms with Crippen LogP contribution in [-0.4, -0.2) is 28.4 Å². The Balaban J connectivity index is 1.57. The van der Waals surface area contributed by atoms with E-state index in [2.05, 4.69) is 19.7 Å². The van der Waals surface area contributed by atoms with E-state index in [9.17, 15) is 8.42 Å². The Morgan fingerprint density at radius 3 is 2.39 bits per heavy atom. The minimum atomic E-state index is -3.82. The zero-order valence-electron chi connectivity index (χ0n) is 17.1. The molecule has 7 nitrogen and oxygen atoms in total. The van der Waals surface area contributed by atoms with Crippen molar-refractivity contribution in [3.8, 4) is 22.4 Å². The Kier molecular flexibility index (Phi) is 5.45. The van der Waals surface area contributed by atoms with Crippen molar-refractivity contribution in [3.63, 3.8) is 0 Å². The number of anilines is 1. The number of fused-ring (bicyclic) bond motifs is 1. The molecule has 0 unspecified atom stereocenters. The number of hydrogen-bond donors (Lipinski definition) is 1. The van der Waals surface area contributed by atoms with Gasteiger partial charge in [0, 0.05) is 35.9 Å². The van der Waals surface area contributed by atoms with E-state index in [1.54, 1.807) is 49.1 Å². The fraction of sp³-hybridized carbons (Fsp3) is 0. The van der Waals surface area contributed by atoms with Crippen LogP contribution in [0.4, 0.5) is 5.69 Å². The van der Waals surface area contributed by atoms with Gasteiger partial charge in [-0.3, -0.25) is 14.7 Å². The van der Waals surface area contributed by atoms with Gasteiger partial charge in [0.2, 0.25) is 0 Å². The molecule has 1 aromatic carbocycles. The van der Waals surface area contributed by atoms with Crippen molar-refractivity contribution in [2.24, 2.45) is 0 Å². The van der Waals surface area contributed by atoms with Crippen molar-refractivity contribution in [2.45, 2.75) is 4.90 Å². The topological polar surface area (TPSA) is 97.7 Å². The molecule has 5 rings (SSSR count). The summed E-state index contributed by atoms with van der Waals surface area (Å²) >= 11 is 6.20. The van der Waals surface area contributed by atoms with E-state index in [1.165, 1.54) is 12.1 Å². The number of aromatic nitrogens is 4. The summed E-state index contributed by atoms with van der Waals surface area (Å²) < 4.78 is 28.0. The molecule has 1 N–H and O–H groups in total. The molecule has 0 aliphatic heterocycles. The van der Waals surface area contributed by atoms with Crippen LogP contribution in [-0.2, 0) is 10.0 Å². The summed E-state index contributed by atoms with van der Waals surface area (Å²) in [6, 6.07) is 19.1. The molecule has 0 atom stereocenters. The number of nitrogens with zero attached hydrogens (tertiary/aromatic N) is 4. The predicted molar refractivity (Wildman–Crippen MR) is 128 cm³/mol. The third-order valence-electron chi connectivity index (χ3n) is 5.01. The molecule has 162 valence electrons.